The van der Waals surface area contributed by atoms with Crippen molar-refractivity contribution in [3.05, 3.63) is 0 Å². The average Bonchev–Trinajstić information content (AvgIpc) is 2.19. The van der Waals surface area contributed by atoms with Crippen molar-refractivity contribution in [1.82, 2.24) is 9.80 Å². The van der Waals surface area contributed by atoms with E-state index >= 15 is 0 Å². The van der Waals surface area contributed by atoms with E-state index in [9.17, 15) is 5.11 Å². The van der Waals surface area contributed by atoms with Gasteiger partial charge in [0.25, 0.3) is 0 Å². The molecule has 1 atom stereocenters. The van der Waals surface area contributed by atoms with Gasteiger partial charge in [-0.15, -0.1) is 12.4 Å². The van der Waals surface area contributed by atoms with Crippen LogP contribution in [0.4, 0.5) is 0 Å². The van der Waals surface area contributed by atoms with E-state index in [0.29, 0.717) is 6.61 Å². The first-order valence-electron chi connectivity index (χ1n) is 5.78. The third-order valence-corrected chi connectivity index (χ3v) is 2.69. The van der Waals surface area contributed by atoms with Crippen molar-refractivity contribution in [2.45, 2.75) is 26.1 Å². The number of piperazine rings is 1. The lowest BCUT2D eigenvalue weighted by molar-refractivity contribution is -0.0134. The van der Waals surface area contributed by atoms with Gasteiger partial charge in [-0.1, -0.05) is 0 Å². The van der Waals surface area contributed by atoms with Crippen LogP contribution in [0.2, 0.25) is 0 Å². The Hall–Kier alpha value is 0.130. The van der Waals surface area contributed by atoms with Crippen molar-refractivity contribution in [1.29, 1.82) is 0 Å². The lowest BCUT2D eigenvalue weighted by Crippen LogP contribution is -2.47. The number of nitrogens with zero attached hydrogens (tertiary/aromatic N) is 2. The largest absolute Gasteiger partial charge is 0.389 e. The SMILES string of the molecule is CC(C)OCC(O)CN1CCN(C)CC1.Cl. The molecule has 16 heavy (non-hydrogen) atoms. The highest BCUT2D eigenvalue weighted by Crippen LogP contribution is 2.01. The summed E-state index contributed by atoms with van der Waals surface area (Å²) < 4.78 is 5.38. The van der Waals surface area contributed by atoms with Crippen LogP contribution in [0.5, 0.6) is 0 Å². The first kappa shape index (κ1) is 16.1. The Morgan fingerprint density at radius 3 is 2.25 bits per heavy atom. The lowest BCUT2D eigenvalue weighted by Gasteiger charge is -2.33. The van der Waals surface area contributed by atoms with Crippen LogP contribution in [-0.2, 0) is 4.74 Å². The molecule has 0 aromatic heterocycles. The number of rotatable bonds is 5. The molecule has 1 fully saturated rings. The maximum Gasteiger partial charge on any atom is 0.0900 e. The van der Waals surface area contributed by atoms with Gasteiger partial charge in [0.1, 0.15) is 0 Å². The van der Waals surface area contributed by atoms with Crippen LogP contribution in [0.3, 0.4) is 0 Å². The maximum atomic E-state index is 9.74. The quantitative estimate of drug-likeness (QED) is 0.771. The zero-order valence-electron chi connectivity index (χ0n) is 10.6. The van der Waals surface area contributed by atoms with Crippen LogP contribution < -0.4 is 0 Å². The van der Waals surface area contributed by atoms with E-state index in [2.05, 4.69) is 16.8 Å². The van der Waals surface area contributed by atoms with E-state index in [1.807, 2.05) is 13.8 Å². The molecule has 1 aliphatic rings. The number of hydrogen-bond acceptors (Lipinski definition) is 4. The molecule has 0 spiro atoms. The number of hydrogen-bond donors (Lipinski definition) is 1. The minimum atomic E-state index is -0.351. The molecular formula is C11H25ClN2O2. The van der Waals surface area contributed by atoms with Crippen LogP contribution in [0.25, 0.3) is 0 Å². The second-order valence-corrected chi connectivity index (χ2v) is 4.64. The van der Waals surface area contributed by atoms with E-state index < -0.39 is 0 Å². The van der Waals surface area contributed by atoms with Crippen LogP contribution >= 0.6 is 12.4 Å². The normalized spacial score (nSPS) is 20.8. The molecule has 1 saturated heterocycles. The molecule has 1 heterocycles. The van der Waals surface area contributed by atoms with Gasteiger partial charge >= 0.3 is 0 Å². The van der Waals surface area contributed by atoms with Crippen molar-refractivity contribution in [3.63, 3.8) is 0 Å². The van der Waals surface area contributed by atoms with Crippen molar-refractivity contribution < 1.29 is 9.84 Å². The topological polar surface area (TPSA) is 35.9 Å². The number of aliphatic hydroxyl groups is 1. The summed E-state index contributed by atoms with van der Waals surface area (Å²) in [5.41, 5.74) is 0. The van der Waals surface area contributed by atoms with Crippen LogP contribution in [-0.4, -0.2) is 73.5 Å². The molecular weight excluding hydrogens is 228 g/mol. The fraction of sp³-hybridized carbons (Fsp3) is 1.00. The minimum absolute atomic E-state index is 0. The summed E-state index contributed by atoms with van der Waals surface area (Å²) in [4.78, 5) is 4.61. The molecule has 0 bridgehead atoms. The Morgan fingerprint density at radius 2 is 1.75 bits per heavy atom. The summed E-state index contributed by atoms with van der Waals surface area (Å²) in [6.45, 7) is 9.45. The molecule has 1 N–H and O–H groups in total. The lowest BCUT2D eigenvalue weighted by atomic mass is 10.3. The number of ether oxygens (including phenoxy) is 1. The highest BCUT2D eigenvalue weighted by molar-refractivity contribution is 5.85. The van der Waals surface area contributed by atoms with E-state index in [0.717, 1.165) is 32.7 Å². The molecule has 0 aromatic rings. The van der Waals surface area contributed by atoms with Gasteiger partial charge < -0.3 is 14.7 Å². The first-order chi connectivity index (χ1) is 7.08. The molecule has 4 nitrogen and oxygen atoms in total. The van der Waals surface area contributed by atoms with Gasteiger partial charge in [0.05, 0.1) is 18.8 Å². The van der Waals surface area contributed by atoms with E-state index in [1.54, 1.807) is 0 Å². The third kappa shape index (κ3) is 6.66. The molecule has 5 heteroatoms. The van der Waals surface area contributed by atoms with Gasteiger partial charge in [-0.25, -0.2) is 0 Å². The smallest absolute Gasteiger partial charge is 0.0900 e. The Morgan fingerprint density at radius 1 is 1.19 bits per heavy atom. The molecule has 0 aromatic carbocycles. The highest BCUT2D eigenvalue weighted by Gasteiger charge is 2.17. The van der Waals surface area contributed by atoms with Gasteiger partial charge in [-0.3, -0.25) is 4.90 Å². The van der Waals surface area contributed by atoms with Crippen molar-refractivity contribution in [2.24, 2.45) is 0 Å². The van der Waals surface area contributed by atoms with Gasteiger partial charge in [0, 0.05) is 32.7 Å². The molecule has 0 radical (unpaired) electrons. The Kier molecular flexibility index (Phi) is 8.32. The highest BCUT2D eigenvalue weighted by atomic mass is 35.5. The second kappa shape index (κ2) is 8.25. The van der Waals surface area contributed by atoms with Gasteiger partial charge in [-0.2, -0.15) is 0 Å². The number of aliphatic hydroxyl groups excluding tert-OH is 1. The van der Waals surface area contributed by atoms with E-state index in [4.69, 9.17) is 4.74 Å². The minimum Gasteiger partial charge on any atom is -0.389 e. The summed E-state index contributed by atoms with van der Waals surface area (Å²) in [6, 6.07) is 0. The molecule has 1 aliphatic heterocycles. The predicted octanol–water partition coefficient (Wildman–Crippen LogP) is 0.442. The molecule has 0 aliphatic carbocycles. The van der Waals surface area contributed by atoms with Crippen LogP contribution in [0.15, 0.2) is 0 Å². The fourth-order valence-electron chi connectivity index (χ4n) is 1.68. The number of halogens is 1. The Balaban J connectivity index is 0.00000225. The summed E-state index contributed by atoms with van der Waals surface area (Å²) >= 11 is 0. The molecule has 1 unspecified atom stereocenters. The fourth-order valence-corrected chi connectivity index (χ4v) is 1.68. The molecule has 0 amide bonds. The van der Waals surface area contributed by atoms with Gasteiger partial charge in [0.2, 0.25) is 0 Å². The monoisotopic (exact) mass is 252 g/mol. The maximum absolute atomic E-state index is 9.74. The van der Waals surface area contributed by atoms with Crippen molar-refractivity contribution in [3.8, 4) is 0 Å². The molecule has 98 valence electrons. The van der Waals surface area contributed by atoms with Crippen molar-refractivity contribution >= 4 is 12.4 Å². The second-order valence-electron chi connectivity index (χ2n) is 4.64. The predicted molar refractivity (Wildman–Crippen MR) is 68.3 cm³/mol. The molecule has 1 rings (SSSR count). The van der Waals surface area contributed by atoms with E-state index in [1.165, 1.54) is 0 Å². The zero-order valence-corrected chi connectivity index (χ0v) is 11.4. The standard InChI is InChI=1S/C11H24N2O2.ClH/c1-10(2)15-9-11(14)8-13-6-4-12(3)5-7-13;/h10-11,14H,4-9H2,1-3H3;1H. The van der Waals surface area contributed by atoms with Gasteiger partial charge in [-0.05, 0) is 20.9 Å². The van der Waals surface area contributed by atoms with E-state index in [-0.39, 0.29) is 24.6 Å². The Bertz CT molecular complexity index is 173. The summed E-state index contributed by atoms with van der Waals surface area (Å²) in [5.74, 6) is 0. The van der Waals surface area contributed by atoms with Crippen LogP contribution in [0, 0.1) is 0 Å². The molecule has 0 saturated carbocycles. The number of likely N-dealkylation sites (N-methyl/N-ethyl adjacent to an activating group) is 1. The van der Waals surface area contributed by atoms with Gasteiger partial charge in [0.15, 0.2) is 0 Å². The average molecular weight is 253 g/mol. The first-order valence-corrected chi connectivity index (χ1v) is 5.78. The number of β-amino-alcohol motifs (C(OH)–C–C–N with tert-alkyl or cyclic N) is 1. The summed E-state index contributed by atoms with van der Waals surface area (Å²) in [6.07, 6.45) is -0.150. The third-order valence-electron chi connectivity index (χ3n) is 2.69. The van der Waals surface area contributed by atoms with Crippen LogP contribution in [0.1, 0.15) is 13.8 Å². The zero-order chi connectivity index (χ0) is 11.3. The summed E-state index contributed by atoms with van der Waals surface area (Å²) in [5, 5.41) is 9.74. The summed E-state index contributed by atoms with van der Waals surface area (Å²) in [7, 11) is 2.13. The van der Waals surface area contributed by atoms with Crippen molar-refractivity contribution in [2.75, 3.05) is 46.4 Å². The Labute approximate surface area is 105 Å².